The molecule has 0 saturated carbocycles. The quantitative estimate of drug-likeness (QED) is 0.709. The van der Waals surface area contributed by atoms with Gasteiger partial charge in [-0.2, -0.15) is 0 Å². The van der Waals surface area contributed by atoms with Crippen molar-refractivity contribution in [2.75, 3.05) is 18.8 Å². The van der Waals surface area contributed by atoms with Crippen molar-refractivity contribution in [1.29, 1.82) is 0 Å². The second-order valence-corrected chi connectivity index (χ2v) is 4.48. The van der Waals surface area contributed by atoms with Crippen LogP contribution in [0.15, 0.2) is 12.3 Å². The molecule has 0 spiro atoms. The van der Waals surface area contributed by atoms with Gasteiger partial charge >= 0.3 is 0 Å². The lowest BCUT2D eigenvalue weighted by Gasteiger charge is -2.27. The maximum Gasteiger partial charge on any atom is 0.270 e. The number of amides is 1. The van der Waals surface area contributed by atoms with E-state index >= 15 is 0 Å². The fourth-order valence-electron chi connectivity index (χ4n) is 1.50. The van der Waals surface area contributed by atoms with Gasteiger partial charge in [0.25, 0.3) is 5.91 Å². The Morgan fingerprint density at radius 1 is 1.62 bits per heavy atom. The van der Waals surface area contributed by atoms with Crippen molar-refractivity contribution >= 4 is 11.6 Å². The molecule has 1 heterocycles. The third-order valence-corrected chi connectivity index (χ3v) is 2.18. The first kappa shape index (κ1) is 12.6. The van der Waals surface area contributed by atoms with Crippen LogP contribution in [-0.4, -0.2) is 39.6 Å². The first-order chi connectivity index (χ1) is 7.33. The average molecular weight is 225 g/mol. The molecule has 0 bridgehead atoms. The van der Waals surface area contributed by atoms with Crippen molar-refractivity contribution in [2.45, 2.75) is 26.4 Å². The number of H-pyrrole nitrogens is 1. The molecule has 1 aromatic heterocycles. The Morgan fingerprint density at radius 3 is 2.62 bits per heavy atom. The van der Waals surface area contributed by atoms with Gasteiger partial charge in [-0.15, -0.1) is 0 Å². The highest BCUT2D eigenvalue weighted by atomic mass is 16.3. The number of hydrogen-bond donors (Lipinski definition) is 3. The molecule has 1 rings (SSSR count). The average Bonchev–Trinajstić information content (AvgIpc) is 2.58. The van der Waals surface area contributed by atoms with Gasteiger partial charge in [-0.05, 0) is 26.8 Å². The van der Waals surface area contributed by atoms with Gasteiger partial charge in [0.15, 0.2) is 0 Å². The van der Waals surface area contributed by atoms with Crippen molar-refractivity contribution in [3.05, 3.63) is 18.0 Å². The number of aliphatic hydroxyl groups is 1. The van der Waals surface area contributed by atoms with Crippen molar-refractivity contribution in [2.24, 2.45) is 0 Å². The molecule has 16 heavy (non-hydrogen) atoms. The van der Waals surface area contributed by atoms with Gasteiger partial charge in [-0.1, -0.05) is 0 Å². The van der Waals surface area contributed by atoms with Crippen LogP contribution in [0.5, 0.6) is 0 Å². The fraction of sp³-hybridized carbons (Fsp3) is 0.545. The Kier molecular flexibility index (Phi) is 3.59. The summed E-state index contributed by atoms with van der Waals surface area (Å²) >= 11 is 0. The summed E-state index contributed by atoms with van der Waals surface area (Å²) in [6, 6.07) is 1.59. The first-order valence-electron chi connectivity index (χ1n) is 5.29. The maximum atomic E-state index is 12.0. The standard InChI is InChI=1S/C11H19N3O2/c1-4-14(7-11(2,3)16)10(15)9-5-8(12)6-13-9/h5-6,13,16H,4,7,12H2,1-3H3. The van der Waals surface area contributed by atoms with Gasteiger partial charge in [-0.25, -0.2) is 0 Å². The number of aromatic amines is 1. The van der Waals surface area contributed by atoms with Gasteiger partial charge in [0.1, 0.15) is 5.69 Å². The number of nitrogens with zero attached hydrogens (tertiary/aromatic N) is 1. The highest BCUT2D eigenvalue weighted by Gasteiger charge is 2.22. The molecule has 0 atom stereocenters. The van der Waals surface area contributed by atoms with E-state index in [9.17, 15) is 9.90 Å². The van der Waals surface area contributed by atoms with Crippen LogP contribution in [0.1, 0.15) is 31.3 Å². The van der Waals surface area contributed by atoms with Crippen LogP contribution in [0.25, 0.3) is 0 Å². The molecule has 1 amide bonds. The Balaban J connectivity index is 2.78. The number of likely N-dealkylation sites (N-methyl/N-ethyl adjacent to an activating group) is 1. The number of nitrogens with one attached hydrogen (secondary N) is 1. The second-order valence-electron chi connectivity index (χ2n) is 4.48. The van der Waals surface area contributed by atoms with Gasteiger partial charge in [0, 0.05) is 25.0 Å². The van der Waals surface area contributed by atoms with E-state index < -0.39 is 5.60 Å². The predicted molar refractivity (Wildman–Crippen MR) is 63.1 cm³/mol. The molecule has 0 aromatic carbocycles. The molecule has 0 aliphatic heterocycles. The smallest absolute Gasteiger partial charge is 0.270 e. The number of nitrogen functional groups attached to an aromatic ring is 1. The lowest BCUT2D eigenvalue weighted by Crippen LogP contribution is -2.42. The summed E-state index contributed by atoms with van der Waals surface area (Å²) in [6.07, 6.45) is 1.57. The van der Waals surface area contributed by atoms with Crippen LogP contribution < -0.4 is 5.73 Å². The van der Waals surface area contributed by atoms with E-state index in [1.54, 1.807) is 31.0 Å². The van der Waals surface area contributed by atoms with E-state index in [1.165, 1.54) is 0 Å². The molecule has 4 N–H and O–H groups in total. The van der Waals surface area contributed by atoms with Crippen LogP contribution >= 0.6 is 0 Å². The molecule has 0 aliphatic carbocycles. The van der Waals surface area contributed by atoms with Crippen LogP contribution in [0.2, 0.25) is 0 Å². The van der Waals surface area contributed by atoms with Crippen molar-refractivity contribution in [1.82, 2.24) is 9.88 Å². The minimum Gasteiger partial charge on any atom is -0.397 e. The molecule has 0 saturated heterocycles. The van der Waals surface area contributed by atoms with Crippen LogP contribution in [0.3, 0.4) is 0 Å². The zero-order chi connectivity index (χ0) is 12.3. The van der Waals surface area contributed by atoms with E-state index in [1.807, 2.05) is 6.92 Å². The number of anilines is 1. The zero-order valence-corrected chi connectivity index (χ0v) is 9.95. The summed E-state index contributed by atoms with van der Waals surface area (Å²) in [4.78, 5) is 16.4. The van der Waals surface area contributed by atoms with Gasteiger partial charge in [0.05, 0.1) is 5.60 Å². The monoisotopic (exact) mass is 225 g/mol. The number of nitrogens with two attached hydrogens (primary N) is 1. The third-order valence-electron chi connectivity index (χ3n) is 2.18. The number of aromatic nitrogens is 1. The zero-order valence-electron chi connectivity index (χ0n) is 9.95. The summed E-state index contributed by atoms with van der Waals surface area (Å²) in [5.74, 6) is -0.152. The van der Waals surface area contributed by atoms with E-state index in [2.05, 4.69) is 4.98 Å². The van der Waals surface area contributed by atoms with Gasteiger partial charge < -0.3 is 20.7 Å². The molecule has 1 aromatic rings. The van der Waals surface area contributed by atoms with Gasteiger partial charge in [0.2, 0.25) is 0 Å². The second kappa shape index (κ2) is 4.57. The van der Waals surface area contributed by atoms with Crippen molar-refractivity contribution in [3.8, 4) is 0 Å². The molecule has 90 valence electrons. The Labute approximate surface area is 95.3 Å². The van der Waals surface area contributed by atoms with E-state index in [0.29, 0.717) is 24.5 Å². The van der Waals surface area contributed by atoms with Gasteiger partial charge in [-0.3, -0.25) is 4.79 Å². The highest BCUT2D eigenvalue weighted by molar-refractivity contribution is 5.93. The molecule has 0 radical (unpaired) electrons. The molecular weight excluding hydrogens is 206 g/mol. The summed E-state index contributed by atoms with van der Waals surface area (Å²) in [5.41, 5.74) is 5.61. The predicted octanol–water partition coefficient (Wildman–Crippen LogP) is 0.830. The third kappa shape index (κ3) is 3.27. The minimum atomic E-state index is -0.899. The Hall–Kier alpha value is -1.49. The Bertz CT molecular complexity index is 366. The summed E-state index contributed by atoms with van der Waals surface area (Å²) < 4.78 is 0. The summed E-state index contributed by atoms with van der Waals surface area (Å²) in [7, 11) is 0. The summed E-state index contributed by atoms with van der Waals surface area (Å²) in [5, 5.41) is 9.69. The number of carbonyl (C=O) groups excluding carboxylic acids is 1. The maximum absolute atomic E-state index is 12.0. The number of hydrogen-bond acceptors (Lipinski definition) is 3. The van der Waals surface area contributed by atoms with E-state index in [0.717, 1.165) is 0 Å². The van der Waals surface area contributed by atoms with E-state index in [4.69, 9.17) is 5.73 Å². The first-order valence-corrected chi connectivity index (χ1v) is 5.29. The summed E-state index contributed by atoms with van der Waals surface area (Å²) in [6.45, 7) is 6.05. The largest absolute Gasteiger partial charge is 0.397 e. The lowest BCUT2D eigenvalue weighted by atomic mass is 10.1. The van der Waals surface area contributed by atoms with Crippen LogP contribution in [0, 0.1) is 0 Å². The molecule has 0 fully saturated rings. The SMILES string of the molecule is CCN(CC(C)(C)O)C(=O)c1cc(N)c[nH]1. The highest BCUT2D eigenvalue weighted by Crippen LogP contribution is 2.11. The van der Waals surface area contributed by atoms with Crippen molar-refractivity contribution < 1.29 is 9.90 Å². The van der Waals surface area contributed by atoms with E-state index in [-0.39, 0.29) is 5.91 Å². The normalized spacial score (nSPS) is 11.5. The molecule has 0 aliphatic rings. The number of rotatable bonds is 4. The van der Waals surface area contributed by atoms with Crippen LogP contribution in [0.4, 0.5) is 5.69 Å². The van der Waals surface area contributed by atoms with Crippen LogP contribution in [-0.2, 0) is 0 Å². The molecular formula is C11H19N3O2. The van der Waals surface area contributed by atoms with Crippen molar-refractivity contribution in [3.63, 3.8) is 0 Å². The topological polar surface area (TPSA) is 82.3 Å². The molecule has 0 unspecified atom stereocenters. The minimum absolute atomic E-state index is 0.152. The Morgan fingerprint density at radius 2 is 2.25 bits per heavy atom. The lowest BCUT2D eigenvalue weighted by molar-refractivity contribution is 0.0312. The fourth-order valence-corrected chi connectivity index (χ4v) is 1.50. The number of carbonyl (C=O) groups is 1. The molecule has 5 heteroatoms. The molecule has 5 nitrogen and oxygen atoms in total.